The molecule has 1 atom stereocenters. The number of aromatic nitrogens is 2. The van der Waals surface area contributed by atoms with Crippen molar-refractivity contribution in [2.24, 2.45) is 4.99 Å². The second-order valence-corrected chi connectivity index (χ2v) is 7.90. The summed E-state index contributed by atoms with van der Waals surface area (Å²) in [6.45, 7) is 2.26. The molecule has 1 saturated heterocycles. The fourth-order valence-electron chi connectivity index (χ4n) is 4.06. The molecule has 0 saturated carbocycles. The molecule has 2 aliphatic heterocycles. The Labute approximate surface area is 181 Å². The lowest BCUT2D eigenvalue weighted by molar-refractivity contribution is -0.121. The van der Waals surface area contributed by atoms with Crippen LogP contribution in [0.1, 0.15) is 24.0 Å². The monoisotopic (exact) mass is 415 g/mol. The van der Waals surface area contributed by atoms with Gasteiger partial charge in [-0.25, -0.2) is 9.98 Å². The Kier molecular flexibility index (Phi) is 5.39. The Hall–Kier alpha value is -3.61. The fraction of sp³-hybridized carbons (Fsp3) is 0.292. The first-order chi connectivity index (χ1) is 15.3. The summed E-state index contributed by atoms with van der Waals surface area (Å²) in [5, 5.41) is 2.94. The Bertz CT molecular complexity index is 1080. The van der Waals surface area contributed by atoms with Crippen LogP contribution in [0.3, 0.4) is 0 Å². The molecule has 31 heavy (non-hydrogen) atoms. The molecule has 0 spiro atoms. The summed E-state index contributed by atoms with van der Waals surface area (Å²) in [6, 6.07) is 15.8. The Morgan fingerprint density at radius 1 is 1.13 bits per heavy atom. The molecule has 7 heteroatoms. The number of hydrogen-bond donors (Lipinski definition) is 1. The van der Waals surface area contributed by atoms with Crippen LogP contribution < -0.4 is 10.1 Å². The number of ether oxygens (including phenoxy) is 1. The predicted molar refractivity (Wildman–Crippen MR) is 118 cm³/mol. The van der Waals surface area contributed by atoms with Crippen LogP contribution in [0.4, 0.5) is 5.69 Å². The highest BCUT2D eigenvalue weighted by Gasteiger charge is 2.39. The van der Waals surface area contributed by atoms with E-state index in [4.69, 9.17) is 4.74 Å². The highest BCUT2D eigenvalue weighted by Crippen LogP contribution is 2.32. The van der Waals surface area contributed by atoms with E-state index < -0.39 is 0 Å². The van der Waals surface area contributed by atoms with E-state index in [0.717, 1.165) is 42.0 Å². The van der Waals surface area contributed by atoms with Crippen LogP contribution in [0, 0.1) is 0 Å². The Morgan fingerprint density at radius 3 is 2.87 bits per heavy atom. The second kappa shape index (κ2) is 8.63. The zero-order valence-corrected chi connectivity index (χ0v) is 17.3. The van der Waals surface area contributed by atoms with Gasteiger partial charge >= 0.3 is 0 Å². The standard InChI is InChI=1S/C24H25N5O2/c30-23-22(14-18-6-2-1-3-7-18)29-16-19-15-20(8-9-21(19)26-24(29)27-23)31-13-5-4-11-28-12-10-25-17-28/h1-3,6-10,12,15,17,22H,4-5,11,13-14,16H2,(H,26,27,30). The minimum Gasteiger partial charge on any atom is -0.494 e. The molecular formula is C24H25N5O2. The second-order valence-electron chi connectivity index (χ2n) is 7.90. The van der Waals surface area contributed by atoms with Gasteiger partial charge in [-0.05, 0) is 36.6 Å². The van der Waals surface area contributed by atoms with Gasteiger partial charge in [0, 0.05) is 37.5 Å². The van der Waals surface area contributed by atoms with Crippen molar-refractivity contribution in [1.82, 2.24) is 19.8 Å². The zero-order valence-electron chi connectivity index (χ0n) is 17.3. The van der Waals surface area contributed by atoms with Gasteiger partial charge in [-0.1, -0.05) is 30.3 Å². The summed E-state index contributed by atoms with van der Waals surface area (Å²) in [6.07, 6.45) is 8.28. The average molecular weight is 415 g/mol. The lowest BCUT2D eigenvalue weighted by Gasteiger charge is -2.28. The van der Waals surface area contributed by atoms with Crippen LogP contribution in [0.5, 0.6) is 5.75 Å². The summed E-state index contributed by atoms with van der Waals surface area (Å²) in [7, 11) is 0. The van der Waals surface area contributed by atoms with E-state index in [2.05, 4.69) is 36.9 Å². The SMILES string of the molecule is O=C1NC2=Nc3ccc(OCCCCn4ccnc4)cc3CN2C1Cc1ccccc1. The minimum atomic E-state index is -0.248. The number of benzene rings is 2. The number of amides is 1. The van der Waals surface area contributed by atoms with Crippen LogP contribution in [-0.4, -0.2) is 39.0 Å². The molecule has 7 nitrogen and oxygen atoms in total. The van der Waals surface area contributed by atoms with Gasteiger partial charge < -0.3 is 14.2 Å². The molecular weight excluding hydrogens is 390 g/mol. The van der Waals surface area contributed by atoms with E-state index in [0.29, 0.717) is 25.5 Å². The lowest BCUT2D eigenvalue weighted by Crippen LogP contribution is -2.38. The van der Waals surface area contributed by atoms with Crippen molar-refractivity contribution in [3.8, 4) is 5.75 Å². The molecule has 0 radical (unpaired) electrons. The normalized spacial score (nSPS) is 17.0. The van der Waals surface area contributed by atoms with Gasteiger partial charge in [0.25, 0.3) is 0 Å². The molecule has 2 aliphatic rings. The third kappa shape index (κ3) is 4.30. The van der Waals surface area contributed by atoms with E-state index in [9.17, 15) is 4.79 Å². The summed E-state index contributed by atoms with van der Waals surface area (Å²) in [4.78, 5) is 23.4. The molecule has 158 valence electrons. The number of rotatable bonds is 8. The van der Waals surface area contributed by atoms with Crippen molar-refractivity contribution in [3.63, 3.8) is 0 Å². The van der Waals surface area contributed by atoms with Crippen LogP contribution in [0.25, 0.3) is 0 Å². The molecule has 1 unspecified atom stereocenters. The Morgan fingerprint density at radius 2 is 2.03 bits per heavy atom. The molecule has 0 aliphatic carbocycles. The first-order valence-electron chi connectivity index (χ1n) is 10.7. The molecule has 2 aromatic carbocycles. The van der Waals surface area contributed by atoms with Gasteiger partial charge in [0.1, 0.15) is 11.8 Å². The molecule has 1 N–H and O–H groups in total. The first-order valence-corrected chi connectivity index (χ1v) is 10.7. The quantitative estimate of drug-likeness (QED) is 0.573. The molecule has 1 aromatic heterocycles. The Balaban J connectivity index is 1.21. The van der Waals surface area contributed by atoms with Crippen molar-refractivity contribution in [1.29, 1.82) is 0 Å². The van der Waals surface area contributed by atoms with E-state index in [1.807, 2.05) is 48.9 Å². The molecule has 3 aromatic rings. The minimum absolute atomic E-state index is 0.00442. The number of aliphatic imine (C=N–C) groups is 1. The number of carbonyl (C=O) groups is 1. The maximum absolute atomic E-state index is 12.6. The summed E-state index contributed by atoms with van der Waals surface area (Å²) >= 11 is 0. The van der Waals surface area contributed by atoms with Crippen LogP contribution in [0.15, 0.2) is 72.2 Å². The average Bonchev–Trinajstić information content (AvgIpc) is 3.41. The number of aryl methyl sites for hydroxylation is 1. The van der Waals surface area contributed by atoms with Gasteiger partial charge in [-0.3, -0.25) is 10.1 Å². The number of unbranched alkanes of at least 4 members (excludes halogenated alkanes) is 1. The van der Waals surface area contributed by atoms with Gasteiger partial charge in [0.15, 0.2) is 0 Å². The molecule has 0 bridgehead atoms. The number of imidazole rings is 1. The van der Waals surface area contributed by atoms with Crippen molar-refractivity contribution >= 4 is 17.6 Å². The van der Waals surface area contributed by atoms with Gasteiger partial charge in [0.2, 0.25) is 11.9 Å². The number of nitrogens with zero attached hydrogens (tertiary/aromatic N) is 4. The number of nitrogens with one attached hydrogen (secondary N) is 1. The third-order valence-corrected chi connectivity index (χ3v) is 5.71. The van der Waals surface area contributed by atoms with Crippen LogP contribution in [-0.2, 0) is 24.3 Å². The fourth-order valence-corrected chi connectivity index (χ4v) is 4.06. The van der Waals surface area contributed by atoms with Crippen LogP contribution >= 0.6 is 0 Å². The largest absolute Gasteiger partial charge is 0.494 e. The first kappa shape index (κ1) is 19.4. The smallest absolute Gasteiger partial charge is 0.249 e. The molecule has 3 heterocycles. The zero-order chi connectivity index (χ0) is 21.0. The molecule has 5 rings (SSSR count). The van der Waals surface area contributed by atoms with Crippen molar-refractivity contribution in [3.05, 3.63) is 78.4 Å². The highest BCUT2D eigenvalue weighted by molar-refractivity contribution is 6.07. The van der Waals surface area contributed by atoms with Crippen LogP contribution in [0.2, 0.25) is 0 Å². The number of fused-ring (bicyclic) bond motifs is 2. The van der Waals surface area contributed by atoms with Crippen molar-refractivity contribution < 1.29 is 9.53 Å². The van der Waals surface area contributed by atoms with Crippen molar-refractivity contribution in [2.75, 3.05) is 6.61 Å². The van der Waals surface area contributed by atoms with Gasteiger partial charge in [-0.2, -0.15) is 0 Å². The summed E-state index contributed by atoms with van der Waals surface area (Å²) in [5.74, 6) is 1.49. The maximum atomic E-state index is 12.6. The molecule has 1 amide bonds. The lowest BCUT2D eigenvalue weighted by atomic mass is 10.0. The maximum Gasteiger partial charge on any atom is 0.249 e. The number of hydrogen-bond acceptors (Lipinski definition) is 5. The predicted octanol–water partition coefficient (Wildman–Crippen LogP) is 3.29. The number of guanidine groups is 1. The highest BCUT2D eigenvalue weighted by atomic mass is 16.5. The van der Waals surface area contributed by atoms with E-state index in [1.54, 1.807) is 6.20 Å². The van der Waals surface area contributed by atoms with Gasteiger partial charge in [0.05, 0.1) is 18.6 Å². The topological polar surface area (TPSA) is 71.7 Å². The molecule has 1 fully saturated rings. The number of carbonyl (C=O) groups excluding carboxylic acids is 1. The van der Waals surface area contributed by atoms with E-state index in [-0.39, 0.29) is 11.9 Å². The third-order valence-electron chi connectivity index (χ3n) is 5.71. The summed E-state index contributed by atoms with van der Waals surface area (Å²) < 4.78 is 8.05. The van der Waals surface area contributed by atoms with Gasteiger partial charge in [-0.15, -0.1) is 0 Å². The summed E-state index contributed by atoms with van der Waals surface area (Å²) in [5.41, 5.74) is 3.11. The van der Waals surface area contributed by atoms with E-state index in [1.165, 1.54) is 0 Å². The van der Waals surface area contributed by atoms with E-state index >= 15 is 0 Å². The van der Waals surface area contributed by atoms with Crippen molar-refractivity contribution in [2.45, 2.75) is 38.4 Å².